The van der Waals surface area contributed by atoms with Crippen LogP contribution in [0.1, 0.15) is 6.92 Å². The number of pyridine rings is 1. The van der Waals surface area contributed by atoms with Crippen LogP contribution in [0, 0.1) is 0 Å². The van der Waals surface area contributed by atoms with Crippen LogP contribution in [-0.2, 0) is 0 Å². The van der Waals surface area contributed by atoms with Gasteiger partial charge in [0, 0.05) is 36.3 Å². The molecule has 0 amide bonds. The number of hydrogen-bond donors (Lipinski definition) is 1. The first-order chi connectivity index (χ1) is 6.75. The van der Waals surface area contributed by atoms with Gasteiger partial charge in [0.05, 0.1) is 0 Å². The molecule has 14 heavy (non-hydrogen) atoms. The first-order valence-corrected chi connectivity index (χ1v) is 5.65. The summed E-state index contributed by atoms with van der Waals surface area (Å²) < 4.78 is 1.03. The van der Waals surface area contributed by atoms with Crippen LogP contribution in [0.2, 0.25) is 0 Å². The van der Waals surface area contributed by atoms with Crippen molar-refractivity contribution in [3.05, 3.63) is 22.8 Å². The summed E-state index contributed by atoms with van der Waals surface area (Å²) in [4.78, 5) is 6.70. The van der Waals surface area contributed by atoms with Crippen LogP contribution in [0.3, 0.4) is 0 Å². The highest BCUT2D eigenvalue weighted by atomic mass is 79.9. The Morgan fingerprint density at radius 1 is 1.57 bits per heavy atom. The fourth-order valence-corrected chi connectivity index (χ4v) is 1.93. The topological polar surface area (TPSA) is 28.2 Å². The normalized spacial score (nSPS) is 22.4. The van der Waals surface area contributed by atoms with E-state index in [1.54, 1.807) is 0 Å². The number of aromatic nitrogens is 1. The summed E-state index contributed by atoms with van der Waals surface area (Å²) in [6.45, 7) is 5.32. The van der Waals surface area contributed by atoms with Gasteiger partial charge in [-0.05, 0) is 35.0 Å². The fraction of sp³-hybridized carbons (Fsp3) is 0.500. The zero-order valence-corrected chi connectivity index (χ0v) is 9.79. The van der Waals surface area contributed by atoms with Crippen molar-refractivity contribution in [1.29, 1.82) is 0 Å². The van der Waals surface area contributed by atoms with E-state index in [1.807, 2.05) is 12.3 Å². The Kier molecular flexibility index (Phi) is 3.03. The van der Waals surface area contributed by atoms with Gasteiger partial charge in [-0.2, -0.15) is 0 Å². The van der Waals surface area contributed by atoms with Gasteiger partial charge >= 0.3 is 0 Å². The monoisotopic (exact) mass is 255 g/mol. The lowest BCUT2D eigenvalue weighted by molar-refractivity contribution is 0.482. The third-order valence-corrected chi connectivity index (χ3v) is 2.87. The van der Waals surface area contributed by atoms with E-state index in [2.05, 4.69) is 44.1 Å². The minimum absolute atomic E-state index is 0.550. The number of halogens is 1. The Balaban J connectivity index is 2.10. The molecular weight excluding hydrogens is 242 g/mol. The molecule has 1 saturated heterocycles. The van der Waals surface area contributed by atoms with Gasteiger partial charge in [0.1, 0.15) is 5.82 Å². The van der Waals surface area contributed by atoms with Crippen molar-refractivity contribution in [3.63, 3.8) is 0 Å². The number of piperazine rings is 1. The van der Waals surface area contributed by atoms with Gasteiger partial charge < -0.3 is 10.2 Å². The quantitative estimate of drug-likeness (QED) is 0.828. The molecule has 0 aliphatic carbocycles. The van der Waals surface area contributed by atoms with Gasteiger partial charge in [-0.15, -0.1) is 0 Å². The van der Waals surface area contributed by atoms with Crippen LogP contribution in [0.25, 0.3) is 0 Å². The molecule has 1 fully saturated rings. The Morgan fingerprint density at radius 3 is 3.07 bits per heavy atom. The number of rotatable bonds is 1. The molecule has 76 valence electrons. The van der Waals surface area contributed by atoms with Gasteiger partial charge in [-0.1, -0.05) is 0 Å². The molecule has 1 N–H and O–H groups in total. The molecule has 1 aromatic rings. The lowest BCUT2D eigenvalue weighted by Crippen LogP contribution is -2.49. The minimum Gasteiger partial charge on any atom is -0.354 e. The molecule has 0 aromatic carbocycles. The molecular formula is C10H14BrN3. The van der Waals surface area contributed by atoms with Crippen molar-refractivity contribution in [3.8, 4) is 0 Å². The van der Waals surface area contributed by atoms with Crippen molar-refractivity contribution in [2.75, 3.05) is 24.5 Å². The van der Waals surface area contributed by atoms with Gasteiger partial charge in [0.2, 0.25) is 0 Å². The molecule has 0 bridgehead atoms. The maximum atomic E-state index is 4.39. The fourth-order valence-electron chi connectivity index (χ4n) is 1.70. The number of anilines is 1. The highest BCUT2D eigenvalue weighted by Gasteiger charge is 2.16. The predicted molar refractivity (Wildman–Crippen MR) is 61.6 cm³/mol. The SMILES string of the molecule is CC1CN(c2ccc(Br)cn2)CCN1. The lowest BCUT2D eigenvalue weighted by Gasteiger charge is -2.32. The van der Waals surface area contributed by atoms with Gasteiger partial charge in [-0.3, -0.25) is 0 Å². The molecule has 2 rings (SSSR count). The Labute approximate surface area is 92.6 Å². The second-order valence-corrected chi connectivity index (χ2v) is 4.55. The summed E-state index contributed by atoms with van der Waals surface area (Å²) in [7, 11) is 0. The van der Waals surface area contributed by atoms with E-state index in [0.29, 0.717) is 6.04 Å². The molecule has 1 aliphatic heterocycles. The lowest BCUT2D eigenvalue weighted by atomic mass is 10.2. The predicted octanol–water partition coefficient (Wildman–Crippen LogP) is 1.64. The molecule has 2 heterocycles. The molecule has 0 saturated carbocycles. The van der Waals surface area contributed by atoms with Crippen LogP contribution >= 0.6 is 15.9 Å². The summed E-state index contributed by atoms with van der Waals surface area (Å²) in [6.07, 6.45) is 1.85. The summed E-state index contributed by atoms with van der Waals surface area (Å²) >= 11 is 3.39. The van der Waals surface area contributed by atoms with E-state index < -0.39 is 0 Å². The maximum absolute atomic E-state index is 4.39. The van der Waals surface area contributed by atoms with Gasteiger partial charge in [0.25, 0.3) is 0 Å². The van der Waals surface area contributed by atoms with E-state index >= 15 is 0 Å². The molecule has 0 spiro atoms. The van der Waals surface area contributed by atoms with E-state index in [1.165, 1.54) is 0 Å². The maximum Gasteiger partial charge on any atom is 0.128 e. The zero-order chi connectivity index (χ0) is 9.97. The molecule has 0 radical (unpaired) electrons. The third-order valence-electron chi connectivity index (χ3n) is 2.40. The standard InChI is InChI=1S/C10H14BrN3/c1-8-7-14(5-4-12-8)10-3-2-9(11)6-13-10/h2-3,6,8,12H,4-5,7H2,1H3. The average molecular weight is 256 g/mol. The average Bonchev–Trinajstić information content (AvgIpc) is 2.19. The van der Waals surface area contributed by atoms with Crippen molar-refractivity contribution in [2.45, 2.75) is 13.0 Å². The van der Waals surface area contributed by atoms with Crippen LogP contribution in [0.15, 0.2) is 22.8 Å². The molecule has 3 nitrogen and oxygen atoms in total. The first kappa shape index (κ1) is 9.93. The van der Waals surface area contributed by atoms with Gasteiger partial charge in [0.15, 0.2) is 0 Å². The van der Waals surface area contributed by atoms with Gasteiger partial charge in [-0.25, -0.2) is 4.98 Å². The van der Waals surface area contributed by atoms with Crippen molar-refractivity contribution < 1.29 is 0 Å². The zero-order valence-electron chi connectivity index (χ0n) is 8.20. The highest BCUT2D eigenvalue weighted by Crippen LogP contribution is 2.15. The van der Waals surface area contributed by atoms with Crippen molar-refractivity contribution >= 4 is 21.7 Å². The van der Waals surface area contributed by atoms with E-state index in [0.717, 1.165) is 29.9 Å². The second-order valence-electron chi connectivity index (χ2n) is 3.64. The van der Waals surface area contributed by atoms with E-state index in [-0.39, 0.29) is 0 Å². The third kappa shape index (κ3) is 2.25. The smallest absolute Gasteiger partial charge is 0.128 e. The Hall–Kier alpha value is -0.610. The largest absolute Gasteiger partial charge is 0.354 e. The number of nitrogens with one attached hydrogen (secondary N) is 1. The van der Waals surface area contributed by atoms with Crippen molar-refractivity contribution in [2.24, 2.45) is 0 Å². The van der Waals surface area contributed by atoms with Crippen LogP contribution in [0.4, 0.5) is 5.82 Å². The van der Waals surface area contributed by atoms with Crippen molar-refractivity contribution in [1.82, 2.24) is 10.3 Å². The molecule has 1 atom stereocenters. The van der Waals surface area contributed by atoms with E-state index in [4.69, 9.17) is 0 Å². The summed E-state index contributed by atoms with van der Waals surface area (Å²) in [5, 5.41) is 3.41. The molecule has 1 aromatic heterocycles. The Bertz CT molecular complexity index is 299. The van der Waals surface area contributed by atoms with E-state index in [9.17, 15) is 0 Å². The summed E-state index contributed by atoms with van der Waals surface area (Å²) in [5.74, 6) is 1.07. The summed E-state index contributed by atoms with van der Waals surface area (Å²) in [6, 6.07) is 4.64. The number of hydrogen-bond acceptors (Lipinski definition) is 3. The summed E-state index contributed by atoms with van der Waals surface area (Å²) in [5.41, 5.74) is 0. The van der Waals surface area contributed by atoms with Crippen LogP contribution < -0.4 is 10.2 Å². The highest BCUT2D eigenvalue weighted by molar-refractivity contribution is 9.10. The van der Waals surface area contributed by atoms with Crippen LogP contribution in [-0.4, -0.2) is 30.7 Å². The van der Waals surface area contributed by atoms with Crippen LogP contribution in [0.5, 0.6) is 0 Å². The molecule has 1 aliphatic rings. The molecule has 1 unspecified atom stereocenters. The number of nitrogens with zero attached hydrogens (tertiary/aromatic N) is 2. The molecule has 4 heteroatoms. The Morgan fingerprint density at radius 2 is 2.43 bits per heavy atom. The minimum atomic E-state index is 0.550. The first-order valence-electron chi connectivity index (χ1n) is 4.85. The second kappa shape index (κ2) is 4.28.